The van der Waals surface area contributed by atoms with Crippen molar-refractivity contribution in [2.24, 2.45) is 5.73 Å². The molecule has 0 saturated carbocycles. The first-order valence-electron chi connectivity index (χ1n) is 6.88. The molecule has 1 unspecified atom stereocenters. The Morgan fingerprint density at radius 3 is 2.52 bits per heavy atom. The van der Waals surface area contributed by atoms with Crippen LogP contribution in [-0.4, -0.2) is 6.54 Å². The normalized spacial score (nSPS) is 12.3. The molecule has 3 heteroatoms. The third-order valence-corrected chi connectivity index (χ3v) is 3.95. The average molecular weight is 342 g/mol. The first-order chi connectivity index (χ1) is 10.3. The van der Waals surface area contributed by atoms with Crippen molar-refractivity contribution >= 4 is 26.7 Å². The van der Waals surface area contributed by atoms with Crippen molar-refractivity contribution < 1.29 is 4.74 Å². The van der Waals surface area contributed by atoms with Crippen LogP contribution in [0.5, 0.6) is 5.75 Å². The number of halogens is 1. The highest BCUT2D eigenvalue weighted by Gasteiger charge is 2.13. The zero-order valence-electron chi connectivity index (χ0n) is 11.5. The SMILES string of the molecule is NCC(Oc1cccc2ccccc12)c1cccc(Br)c1. The van der Waals surface area contributed by atoms with Gasteiger partial charge in [-0.15, -0.1) is 0 Å². The maximum Gasteiger partial charge on any atom is 0.136 e. The van der Waals surface area contributed by atoms with E-state index < -0.39 is 0 Å². The van der Waals surface area contributed by atoms with Gasteiger partial charge in [0, 0.05) is 16.4 Å². The number of nitrogens with two attached hydrogens (primary N) is 1. The Kier molecular flexibility index (Phi) is 4.23. The fourth-order valence-corrected chi connectivity index (χ4v) is 2.83. The summed E-state index contributed by atoms with van der Waals surface area (Å²) in [5, 5.41) is 2.27. The molecule has 21 heavy (non-hydrogen) atoms. The summed E-state index contributed by atoms with van der Waals surface area (Å²) in [5.41, 5.74) is 6.98. The van der Waals surface area contributed by atoms with Gasteiger partial charge in [0.25, 0.3) is 0 Å². The zero-order valence-corrected chi connectivity index (χ0v) is 13.1. The van der Waals surface area contributed by atoms with Gasteiger partial charge in [0.05, 0.1) is 0 Å². The maximum absolute atomic E-state index is 6.17. The summed E-state index contributed by atoms with van der Waals surface area (Å²) >= 11 is 3.49. The molecule has 3 rings (SSSR count). The maximum atomic E-state index is 6.17. The van der Waals surface area contributed by atoms with Gasteiger partial charge in [0.15, 0.2) is 0 Å². The number of fused-ring (bicyclic) bond motifs is 1. The van der Waals surface area contributed by atoms with Gasteiger partial charge < -0.3 is 10.5 Å². The summed E-state index contributed by atoms with van der Waals surface area (Å²) in [4.78, 5) is 0. The molecule has 2 nitrogen and oxygen atoms in total. The van der Waals surface area contributed by atoms with Gasteiger partial charge >= 0.3 is 0 Å². The number of hydrogen-bond acceptors (Lipinski definition) is 2. The molecule has 0 aromatic heterocycles. The van der Waals surface area contributed by atoms with E-state index in [2.05, 4.69) is 34.1 Å². The lowest BCUT2D eigenvalue weighted by Crippen LogP contribution is -2.18. The number of ether oxygens (including phenoxy) is 1. The van der Waals surface area contributed by atoms with Crippen molar-refractivity contribution in [2.45, 2.75) is 6.10 Å². The van der Waals surface area contributed by atoms with Crippen molar-refractivity contribution in [1.29, 1.82) is 0 Å². The number of rotatable bonds is 4. The van der Waals surface area contributed by atoms with Crippen LogP contribution in [0.2, 0.25) is 0 Å². The molecule has 0 amide bonds. The summed E-state index contributed by atoms with van der Waals surface area (Å²) in [5.74, 6) is 0.864. The third-order valence-electron chi connectivity index (χ3n) is 3.45. The van der Waals surface area contributed by atoms with E-state index in [0.717, 1.165) is 21.2 Å². The quantitative estimate of drug-likeness (QED) is 0.747. The van der Waals surface area contributed by atoms with E-state index in [4.69, 9.17) is 10.5 Å². The van der Waals surface area contributed by atoms with E-state index in [1.807, 2.05) is 48.5 Å². The van der Waals surface area contributed by atoms with Crippen molar-refractivity contribution in [3.8, 4) is 5.75 Å². The van der Waals surface area contributed by atoms with Crippen LogP contribution in [0.3, 0.4) is 0 Å². The van der Waals surface area contributed by atoms with E-state index in [1.165, 1.54) is 5.39 Å². The first kappa shape index (κ1) is 14.1. The molecule has 3 aromatic rings. The van der Waals surface area contributed by atoms with E-state index in [-0.39, 0.29) is 6.10 Å². The molecule has 3 aromatic carbocycles. The molecule has 106 valence electrons. The van der Waals surface area contributed by atoms with Crippen molar-refractivity contribution in [3.63, 3.8) is 0 Å². The van der Waals surface area contributed by atoms with Gasteiger partial charge in [0.2, 0.25) is 0 Å². The topological polar surface area (TPSA) is 35.2 Å². The monoisotopic (exact) mass is 341 g/mol. The molecule has 2 N–H and O–H groups in total. The molecule has 0 heterocycles. The molecular weight excluding hydrogens is 326 g/mol. The summed E-state index contributed by atoms with van der Waals surface area (Å²) < 4.78 is 7.20. The molecule has 1 atom stereocenters. The van der Waals surface area contributed by atoms with Crippen LogP contribution in [0.4, 0.5) is 0 Å². The highest BCUT2D eigenvalue weighted by atomic mass is 79.9. The zero-order chi connectivity index (χ0) is 14.7. The Hall–Kier alpha value is -1.84. The second-order valence-electron chi connectivity index (χ2n) is 4.87. The predicted molar refractivity (Wildman–Crippen MR) is 90.5 cm³/mol. The third kappa shape index (κ3) is 3.09. The van der Waals surface area contributed by atoms with Crippen LogP contribution >= 0.6 is 15.9 Å². The Labute approximate surface area is 132 Å². The number of benzene rings is 3. The molecule has 0 aliphatic heterocycles. The van der Waals surface area contributed by atoms with E-state index >= 15 is 0 Å². The lowest BCUT2D eigenvalue weighted by molar-refractivity contribution is 0.217. The van der Waals surface area contributed by atoms with Gasteiger partial charge in [-0.1, -0.05) is 64.5 Å². The molecule has 0 aliphatic carbocycles. The minimum absolute atomic E-state index is 0.159. The van der Waals surface area contributed by atoms with Gasteiger partial charge in [-0.25, -0.2) is 0 Å². The largest absolute Gasteiger partial charge is 0.484 e. The smallest absolute Gasteiger partial charge is 0.136 e. The molecule has 0 saturated heterocycles. The first-order valence-corrected chi connectivity index (χ1v) is 7.67. The fourth-order valence-electron chi connectivity index (χ4n) is 2.41. The molecule has 0 radical (unpaired) electrons. The Balaban J connectivity index is 1.96. The lowest BCUT2D eigenvalue weighted by atomic mass is 10.1. The highest BCUT2D eigenvalue weighted by Crippen LogP contribution is 2.30. The van der Waals surface area contributed by atoms with Crippen LogP contribution < -0.4 is 10.5 Å². The minimum atomic E-state index is -0.159. The molecular formula is C18H16BrNO. The fraction of sp³-hybridized carbons (Fsp3) is 0.111. The van der Waals surface area contributed by atoms with Crippen LogP contribution in [-0.2, 0) is 0 Å². The van der Waals surface area contributed by atoms with Crippen molar-refractivity contribution in [1.82, 2.24) is 0 Å². The van der Waals surface area contributed by atoms with Gasteiger partial charge in [-0.05, 0) is 29.1 Å². The van der Waals surface area contributed by atoms with Crippen LogP contribution in [0, 0.1) is 0 Å². The molecule has 0 bridgehead atoms. The van der Waals surface area contributed by atoms with E-state index in [0.29, 0.717) is 6.54 Å². The van der Waals surface area contributed by atoms with Crippen LogP contribution in [0.25, 0.3) is 10.8 Å². The Bertz CT molecular complexity index is 752. The summed E-state index contributed by atoms with van der Waals surface area (Å²) in [6, 6.07) is 22.3. The summed E-state index contributed by atoms with van der Waals surface area (Å²) in [7, 11) is 0. The molecule has 0 fully saturated rings. The van der Waals surface area contributed by atoms with E-state index in [9.17, 15) is 0 Å². The Morgan fingerprint density at radius 2 is 1.71 bits per heavy atom. The predicted octanol–water partition coefficient (Wildman–Crippen LogP) is 4.68. The molecule has 0 aliphatic rings. The van der Waals surface area contributed by atoms with Gasteiger partial charge in [-0.3, -0.25) is 0 Å². The summed E-state index contributed by atoms with van der Waals surface area (Å²) in [6.07, 6.45) is -0.159. The van der Waals surface area contributed by atoms with Crippen LogP contribution in [0.1, 0.15) is 11.7 Å². The van der Waals surface area contributed by atoms with Crippen molar-refractivity contribution in [2.75, 3.05) is 6.54 Å². The van der Waals surface area contributed by atoms with Crippen molar-refractivity contribution in [3.05, 3.63) is 76.8 Å². The number of hydrogen-bond donors (Lipinski definition) is 1. The van der Waals surface area contributed by atoms with Gasteiger partial charge in [0.1, 0.15) is 11.9 Å². The van der Waals surface area contributed by atoms with E-state index in [1.54, 1.807) is 0 Å². The standard InChI is InChI=1S/C18H16BrNO/c19-15-8-3-7-14(11-15)18(12-20)21-17-10-4-6-13-5-1-2-9-16(13)17/h1-11,18H,12,20H2. The van der Waals surface area contributed by atoms with Crippen LogP contribution in [0.15, 0.2) is 71.2 Å². The molecule has 0 spiro atoms. The van der Waals surface area contributed by atoms with Gasteiger partial charge in [-0.2, -0.15) is 0 Å². The lowest BCUT2D eigenvalue weighted by Gasteiger charge is -2.19. The summed E-state index contributed by atoms with van der Waals surface area (Å²) in [6.45, 7) is 0.430. The minimum Gasteiger partial charge on any atom is -0.484 e. The highest BCUT2D eigenvalue weighted by molar-refractivity contribution is 9.10. The second-order valence-corrected chi connectivity index (χ2v) is 5.79. The average Bonchev–Trinajstić information content (AvgIpc) is 2.52. The Morgan fingerprint density at radius 1 is 0.952 bits per heavy atom. The second kappa shape index (κ2) is 6.29.